The van der Waals surface area contributed by atoms with E-state index in [0.29, 0.717) is 45.0 Å². The number of ether oxygens (including phenoxy) is 1. The number of aromatic nitrogens is 4. The molecule has 7 nitrogen and oxygen atoms in total. The van der Waals surface area contributed by atoms with Gasteiger partial charge in [0, 0.05) is 0 Å². The third kappa shape index (κ3) is 3.81. The Morgan fingerprint density at radius 2 is 1.59 bits per heavy atom. The predicted octanol–water partition coefficient (Wildman–Crippen LogP) is 4.74. The van der Waals surface area contributed by atoms with Crippen molar-refractivity contribution >= 4 is 23.4 Å². The zero-order chi connectivity index (χ0) is 18.6. The van der Waals surface area contributed by atoms with Crippen LogP contribution in [0, 0.1) is 0 Å². The summed E-state index contributed by atoms with van der Waals surface area (Å²) in [5.74, 6) is 2.25. The van der Waals surface area contributed by atoms with Crippen LogP contribution in [0.3, 0.4) is 0 Å². The summed E-state index contributed by atoms with van der Waals surface area (Å²) in [6.45, 7) is 0. The molecular formula is C18H13ClN4O3S. The molecule has 0 aliphatic heterocycles. The van der Waals surface area contributed by atoms with Crippen molar-refractivity contribution in [1.82, 2.24) is 20.4 Å². The molecule has 0 unspecified atom stereocenters. The average Bonchev–Trinajstić information content (AvgIpc) is 3.36. The van der Waals surface area contributed by atoms with Gasteiger partial charge in [-0.3, -0.25) is 0 Å². The van der Waals surface area contributed by atoms with Gasteiger partial charge in [-0.2, -0.15) is 0 Å². The number of para-hydroxylation sites is 1. The molecule has 0 spiro atoms. The Labute approximate surface area is 163 Å². The zero-order valence-electron chi connectivity index (χ0n) is 14.1. The first kappa shape index (κ1) is 17.6. The highest BCUT2D eigenvalue weighted by atomic mass is 35.5. The molecule has 4 rings (SSSR count). The van der Waals surface area contributed by atoms with E-state index in [9.17, 15) is 0 Å². The summed E-state index contributed by atoms with van der Waals surface area (Å²) in [4.78, 5) is 0. The highest BCUT2D eigenvalue weighted by Gasteiger charge is 2.16. The maximum absolute atomic E-state index is 6.15. The smallest absolute Gasteiger partial charge is 0.277 e. The monoisotopic (exact) mass is 400 g/mol. The second kappa shape index (κ2) is 7.81. The van der Waals surface area contributed by atoms with Crippen LogP contribution in [-0.2, 0) is 5.75 Å². The quantitative estimate of drug-likeness (QED) is 0.429. The molecule has 0 N–H and O–H groups in total. The number of nitrogens with zero attached hydrogens (tertiary/aromatic N) is 4. The largest absolute Gasteiger partial charge is 0.496 e. The molecule has 136 valence electrons. The number of thioether (sulfide) groups is 1. The molecule has 0 bridgehead atoms. The number of benzene rings is 2. The molecule has 0 saturated heterocycles. The minimum atomic E-state index is 0.372. The number of hydrogen-bond acceptors (Lipinski definition) is 8. The topological polar surface area (TPSA) is 87.1 Å². The molecule has 0 aliphatic rings. The minimum Gasteiger partial charge on any atom is -0.496 e. The van der Waals surface area contributed by atoms with E-state index in [1.807, 2.05) is 42.5 Å². The second-order valence-electron chi connectivity index (χ2n) is 5.34. The summed E-state index contributed by atoms with van der Waals surface area (Å²) in [6, 6.07) is 14.7. The van der Waals surface area contributed by atoms with Crippen molar-refractivity contribution in [2.24, 2.45) is 0 Å². The van der Waals surface area contributed by atoms with E-state index in [-0.39, 0.29) is 0 Å². The van der Waals surface area contributed by atoms with Crippen molar-refractivity contribution in [2.45, 2.75) is 11.0 Å². The van der Waals surface area contributed by atoms with Crippen LogP contribution in [0.2, 0.25) is 5.02 Å². The number of hydrogen-bond donors (Lipinski definition) is 0. The standard InChI is InChI=1S/C18H13ClN4O3S/c1-24-14-9-5-3-7-12(14)17-22-23-18(26-17)27-10-15-20-21-16(25-15)11-6-2-4-8-13(11)19/h2-9H,10H2,1H3. The molecule has 0 aliphatic carbocycles. The lowest BCUT2D eigenvalue weighted by molar-refractivity contribution is 0.411. The van der Waals surface area contributed by atoms with Crippen LogP contribution in [0.4, 0.5) is 0 Å². The summed E-state index contributed by atoms with van der Waals surface area (Å²) in [7, 11) is 1.59. The second-order valence-corrected chi connectivity index (χ2v) is 6.68. The molecule has 2 aromatic heterocycles. The Balaban J connectivity index is 1.46. The summed E-state index contributed by atoms with van der Waals surface area (Å²) in [6.07, 6.45) is 0. The Kier molecular flexibility index (Phi) is 5.08. The van der Waals surface area contributed by atoms with Gasteiger partial charge >= 0.3 is 0 Å². The van der Waals surface area contributed by atoms with Crippen LogP contribution in [-0.4, -0.2) is 27.5 Å². The third-order valence-electron chi connectivity index (χ3n) is 3.63. The van der Waals surface area contributed by atoms with Crippen LogP contribution in [0.1, 0.15) is 5.89 Å². The van der Waals surface area contributed by atoms with Gasteiger partial charge in [0.25, 0.3) is 11.1 Å². The minimum absolute atomic E-state index is 0.372. The Bertz CT molecular complexity index is 1070. The molecule has 0 atom stereocenters. The lowest BCUT2D eigenvalue weighted by Gasteiger charge is -2.03. The maximum atomic E-state index is 6.15. The Hall–Kier alpha value is -2.84. The lowest BCUT2D eigenvalue weighted by Crippen LogP contribution is -1.87. The molecule has 4 aromatic rings. The normalized spacial score (nSPS) is 10.9. The van der Waals surface area contributed by atoms with Crippen LogP contribution in [0.15, 0.2) is 62.6 Å². The van der Waals surface area contributed by atoms with E-state index in [1.165, 1.54) is 11.8 Å². The molecule has 2 aromatic carbocycles. The van der Waals surface area contributed by atoms with Gasteiger partial charge in [0.05, 0.1) is 29.0 Å². The number of methoxy groups -OCH3 is 1. The Morgan fingerprint density at radius 1 is 0.889 bits per heavy atom. The summed E-state index contributed by atoms with van der Waals surface area (Å²) < 4.78 is 16.7. The SMILES string of the molecule is COc1ccccc1-c1nnc(SCc2nnc(-c3ccccc3Cl)o2)o1. The van der Waals surface area contributed by atoms with Crippen LogP contribution >= 0.6 is 23.4 Å². The van der Waals surface area contributed by atoms with E-state index in [2.05, 4.69) is 20.4 Å². The average molecular weight is 401 g/mol. The van der Waals surface area contributed by atoms with E-state index >= 15 is 0 Å². The van der Waals surface area contributed by atoms with Crippen LogP contribution in [0.25, 0.3) is 22.9 Å². The van der Waals surface area contributed by atoms with Gasteiger partial charge in [-0.25, -0.2) is 0 Å². The highest BCUT2D eigenvalue weighted by molar-refractivity contribution is 7.98. The van der Waals surface area contributed by atoms with Gasteiger partial charge in [-0.05, 0) is 24.3 Å². The van der Waals surface area contributed by atoms with Gasteiger partial charge in [0.2, 0.25) is 11.8 Å². The van der Waals surface area contributed by atoms with E-state index in [1.54, 1.807) is 13.2 Å². The fraction of sp³-hybridized carbons (Fsp3) is 0.111. The number of rotatable bonds is 6. The molecule has 0 radical (unpaired) electrons. The van der Waals surface area contributed by atoms with Gasteiger partial charge < -0.3 is 13.6 Å². The van der Waals surface area contributed by atoms with Gasteiger partial charge in [0.1, 0.15) is 5.75 Å². The van der Waals surface area contributed by atoms with E-state index < -0.39 is 0 Å². The molecule has 27 heavy (non-hydrogen) atoms. The summed E-state index contributed by atoms with van der Waals surface area (Å²) in [5, 5.41) is 17.1. The van der Waals surface area contributed by atoms with Crippen molar-refractivity contribution < 1.29 is 13.6 Å². The fourth-order valence-corrected chi connectivity index (χ4v) is 3.19. The first-order valence-corrected chi connectivity index (χ1v) is 9.28. The Morgan fingerprint density at radius 3 is 2.41 bits per heavy atom. The van der Waals surface area contributed by atoms with Gasteiger partial charge in [-0.15, -0.1) is 20.4 Å². The first-order chi connectivity index (χ1) is 13.2. The van der Waals surface area contributed by atoms with Crippen LogP contribution < -0.4 is 4.74 Å². The molecule has 0 amide bonds. The summed E-state index contributed by atoms with van der Waals surface area (Å²) in [5.41, 5.74) is 1.43. The molecule has 9 heteroatoms. The van der Waals surface area contributed by atoms with Crippen molar-refractivity contribution in [3.05, 3.63) is 59.4 Å². The van der Waals surface area contributed by atoms with E-state index in [4.69, 9.17) is 25.2 Å². The van der Waals surface area contributed by atoms with Crippen molar-refractivity contribution in [2.75, 3.05) is 7.11 Å². The molecule has 0 fully saturated rings. The molecule has 0 saturated carbocycles. The fourth-order valence-electron chi connectivity index (χ4n) is 2.38. The van der Waals surface area contributed by atoms with Crippen molar-refractivity contribution in [1.29, 1.82) is 0 Å². The predicted molar refractivity (Wildman–Crippen MR) is 101 cm³/mol. The van der Waals surface area contributed by atoms with Gasteiger partial charge in [0.15, 0.2) is 0 Å². The van der Waals surface area contributed by atoms with Crippen LogP contribution in [0.5, 0.6) is 5.75 Å². The molecule has 2 heterocycles. The van der Waals surface area contributed by atoms with E-state index in [0.717, 1.165) is 5.56 Å². The number of halogens is 1. The lowest BCUT2D eigenvalue weighted by atomic mass is 10.2. The maximum Gasteiger partial charge on any atom is 0.277 e. The van der Waals surface area contributed by atoms with Crippen molar-refractivity contribution in [3.63, 3.8) is 0 Å². The highest BCUT2D eigenvalue weighted by Crippen LogP contribution is 2.32. The summed E-state index contributed by atoms with van der Waals surface area (Å²) >= 11 is 7.46. The van der Waals surface area contributed by atoms with Crippen molar-refractivity contribution in [3.8, 4) is 28.7 Å². The zero-order valence-corrected chi connectivity index (χ0v) is 15.7. The van der Waals surface area contributed by atoms with Gasteiger partial charge in [-0.1, -0.05) is 47.6 Å². The molecular weight excluding hydrogens is 388 g/mol. The first-order valence-electron chi connectivity index (χ1n) is 7.91. The third-order valence-corrected chi connectivity index (χ3v) is 4.77.